The van der Waals surface area contributed by atoms with Crippen molar-refractivity contribution in [3.8, 4) is 0 Å². The van der Waals surface area contributed by atoms with E-state index in [0.717, 1.165) is 19.3 Å². The van der Waals surface area contributed by atoms with Crippen LogP contribution in [0.2, 0.25) is 0 Å². The Labute approximate surface area is 186 Å². The predicted octanol–water partition coefficient (Wildman–Crippen LogP) is 3.32. The molecule has 7 heteroatoms. The Morgan fingerprint density at radius 1 is 0.903 bits per heavy atom. The molecular formula is C24H39N3O4. The number of rotatable bonds is 3. The van der Waals surface area contributed by atoms with Gasteiger partial charge in [0, 0.05) is 31.7 Å². The Balaban J connectivity index is 1.28. The van der Waals surface area contributed by atoms with Gasteiger partial charge in [-0.05, 0) is 76.0 Å². The summed E-state index contributed by atoms with van der Waals surface area (Å²) in [5, 5.41) is 3.33. The summed E-state index contributed by atoms with van der Waals surface area (Å²) >= 11 is 0. The molecule has 1 heterocycles. The lowest BCUT2D eigenvalue weighted by Gasteiger charge is -2.65. The molecular weight excluding hydrogens is 394 g/mol. The molecule has 1 aliphatic heterocycles. The van der Waals surface area contributed by atoms with Crippen LogP contribution in [0.25, 0.3) is 0 Å². The Hall–Kier alpha value is -1.79. The van der Waals surface area contributed by atoms with Crippen LogP contribution in [-0.4, -0.2) is 65.0 Å². The highest BCUT2D eigenvalue weighted by Gasteiger charge is 2.60. The van der Waals surface area contributed by atoms with Gasteiger partial charge < -0.3 is 19.9 Å². The van der Waals surface area contributed by atoms with Gasteiger partial charge in [0.15, 0.2) is 0 Å². The number of nitrogens with one attached hydrogen (secondary N) is 1. The molecule has 4 saturated carbocycles. The summed E-state index contributed by atoms with van der Waals surface area (Å²) in [4.78, 5) is 41.2. The number of amides is 3. The second-order valence-electron chi connectivity index (χ2n) is 12.5. The fraction of sp³-hybridized carbons (Fsp3) is 0.875. The van der Waals surface area contributed by atoms with Gasteiger partial charge in [-0.3, -0.25) is 9.59 Å². The Kier molecular flexibility index (Phi) is 5.33. The molecule has 5 rings (SSSR count). The van der Waals surface area contributed by atoms with E-state index >= 15 is 0 Å². The smallest absolute Gasteiger partial charge is 0.410 e. The Morgan fingerprint density at radius 2 is 1.45 bits per heavy atom. The first kappa shape index (κ1) is 22.4. The van der Waals surface area contributed by atoms with Crippen LogP contribution in [0.4, 0.5) is 4.79 Å². The van der Waals surface area contributed by atoms with Crippen molar-refractivity contribution in [2.45, 2.75) is 90.7 Å². The van der Waals surface area contributed by atoms with E-state index < -0.39 is 5.60 Å². The molecule has 5 fully saturated rings. The highest BCUT2D eigenvalue weighted by molar-refractivity contribution is 5.97. The molecule has 31 heavy (non-hydrogen) atoms. The lowest BCUT2D eigenvalue weighted by molar-refractivity contribution is -0.144. The van der Waals surface area contributed by atoms with Crippen molar-refractivity contribution in [1.29, 1.82) is 0 Å². The summed E-state index contributed by atoms with van der Waals surface area (Å²) in [5.74, 6) is 0.403. The van der Waals surface area contributed by atoms with Gasteiger partial charge in [0.2, 0.25) is 11.8 Å². The fourth-order valence-electron chi connectivity index (χ4n) is 7.64. The molecule has 1 saturated heterocycles. The number of carbonyl (C=O) groups excluding carboxylic acids is 3. The molecule has 4 aliphatic carbocycles. The van der Waals surface area contributed by atoms with Crippen LogP contribution in [-0.2, 0) is 14.3 Å². The largest absolute Gasteiger partial charge is 0.444 e. The number of ether oxygens (including phenoxy) is 1. The maximum absolute atomic E-state index is 12.9. The molecule has 5 aliphatic rings. The SMILES string of the molecule is CC12CC3CC(C)(C1)CC(NC(=O)CC(=O)N1CCN(C(=O)OC(C)(C)C)CC1)(C3)C2. The summed E-state index contributed by atoms with van der Waals surface area (Å²) in [5.41, 5.74) is -0.0178. The molecule has 174 valence electrons. The van der Waals surface area contributed by atoms with Gasteiger partial charge in [0.1, 0.15) is 12.0 Å². The third kappa shape index (κ3) is 4.85. The van der Waals surface area contributed by atoms with Crippen molar-refractivity contribution >= 4 is 17.9 Å². The zero-order valence-corrected chi connectivity index (χ0v) is 19.9. The van der Waals surface area contributed by atoms with E-state index in [1.165, 1.54) is 19.3 Å². The second-order valence-corrected chi connectivity index (χ2v) is 12.5. The zero-order chi connectivity index (χ0) is 22.7. The number of nitrogens with zero attached hydrogens (tertiary/aromatic N) is 2. The maximum atomic E-state index is 12.9. The van der Waals surface area contributed by atoms with Crippen LogP contribution < -0.4 is 5.32 Å². The minimum atomic E-state index is -0.534. The normalized spacial score (nSPS) is 37.0. The highest BCUT2D eigenvalue weighted by Crippen LogP contribution is 2.66. The topological polar surface area (TPSA) is 79.0 Å². The van der Waals surface area contributed by atoms with E-state index in [1.54, 1.807) is 9.80 Å². The lowest BCUT2D eigenvalue weighted by atomic mass is 9.43. The van der Waals surface area contributed by atoms with Crippen LogP contribution in [0.15, 0.2) is 0 Å². The first-order valence-corrected chi connectivity index (χ1v) is 11.8. The monoisotopic (exact) mass is 433 g/mol. The van der Waals surface area contributed by atoms with E-state index in [9.17, 15) is 14.4 Å². The molecule has 3 amide bonds. The van der Waals surface area contributed by atoms with Crippen LogP contribution in [0.1, 0.15) is 79.6 Å². The third-order valence-electron chi connectivity index (χ3n) is 7.63. The molecule has 7 nitrogen and oxygen atoms in total. The van der Waals surface area contributed by atoms with Crippen molar-refractivity contribution in [2.24, 2.45) is 16.7 Å². The molecule has 0 aromatic carbocycles. The van der Waals surface area contributed by atoms with Crippen LogP contribution in [0.5, 0.6) is 0 Å². The van der Waals surface area contributed by atoms with Gasteiger partial charge in [0.25, 0.3) is 0 Å². The number of carbonyl (C=O) groups is 3. The van der Waals surface area contributed by atoms with Gasteiger partial charge in [-0.25, -0.2) is 4.79 Å². The summed E-state index contributed by atoms with van der Waals surface area (Å²) in [6, 6.07) is 0. The quantitative estimate of drug-likeness (QED) is 0.693. The molecule has 4 bridgehead atoms. The van der Waals surface area contributed by atoms with Crippen LogP contribution in [0, 0.1) is 16.7 Å². The first-order valence-electron chi connectivity index (χ1n) is 11.8. The second kappa shape index (κ2) is 7.38. The van der Waals surface area contributed by atoms with E-state index in [1.807, 2.05) is 20.8 Å². The van der Waals surface area contributed by atoms with Gasteiger partial charge in [-0.2, -0.15) is 0 Å². The maximum Gasteiger partial charge on any atom is 0.410 e. The fourth-order valence-corrected chi connectivity index (χ4v) is 7.64. The van der Waals surface area contributed by atoms with Crippen molar-refractivity contribution in [3.05, 3.63) is 0 Å². The van der Waals surface area contributed by atoms with E-state index in [2.05, 4.69) is 19.2 Å². The Bertz CT molecular complexity index is 747. The van der Waals surface area contributed by atoms with Gasteiger partial charge in [-0.15, -0.1) is 0 Å². The summed E-state index contributed by atoms with van der Waals surface area (Å²) < 4.78 is 5.41. The minimum absolute atomic E-state index is 0.105. The highest BCUT2D eigenvalue weighted by atomic mass is 16.6. The molecule has 0 aromatic rings. The number of hydrogen-bond acceptors (Lipinski definition) is 4. The minimum Gasteiger partial charge on any atom is -0.444 e. The van der Waals surface area contributed by atoms with Crippen molar-refractivity contribution < 1.29 is 19.1 Å². The predicted molar refractivity (Wildman–Crippen MR) is 117 cm³/mol. The standard InChI is InChI=1S/C24H39N3O4/c1-21(2,3)31-20(30)27-8-6-26(7-9-27)19(29)10-18(28)25-24-13-17-11-22(4,15-24)14-23(5,12-17)16-24/h17H,6-16H2,1-5H3,(H,25,28). The van der Waals surface area contributed by atoms with E-state index in [0.29, 0.717) is 42.9 Å². The van der Waals surface area contributed by atoms with Crippen molar-refractivity contribution in [3.63, 3.8) is 0 Å². The average molecular weight is 434 g/mol. The van der Waals surface area contributed by atoms with Crippen molar-refractivity contribution in [1.82, 2.24) is 15.1 Å². The van der Waals surface area contributed by atoms with E-state index in [4.69, 9.17) is 4.74 Å². The first-order chi connectivity index (χ1) is 14.3. The van der Waals surface area contributed by atoms with Gasteiger partial charge in [0.05, 0.1) is 0 Å². The molecule has 0 radical (unpaired) electrons. The van der Waals surface area contributed by atoms with Crippen LogP contribution in [0.3, 0.4) is 0 Å². The van der Waals surface area contributed by atoms with Gasteiger partial charge >= 0.3 is 6.09 Å². The summed E-state index contributed by atoms with van der Waals surface area (Å²) in [7, 11) is 0. The van der Waals surface area contributed by atoms with E-state index in [-0.39, 0.29) is 29.9 Å². The summed E-state index contributed by atoms with van der Waals surface area (Å²) in [6.45, 7) is 12.0. The zero-order valence-electron chi connectivity index (χ0n) is 19.9. The summed E-state index contributed by atoms with van der Waals surface area (Å²) in [6.07, 6.45) is 6.51. The molecule has 2 unspecified atom stereocenters. The molecule has 0 spiro atoms. The molecule has 2 atom stereocenters. The average Bonchev–Trinajstić information content (AvgIpc) is 2.56. The van der Waals surface area contributed by atoms with Gasteiger partial charge in [-0.1, -0.05) is 13.8 Å². The number of piperazine rings is 1. The Morgan fingerprint density at radius 3 is 1.97 bits per heavy atom. The van der Waals surface area contributed by atoms with Crippen molar-refractivity contribution in [2.75, 3.05) is 26.2 Å². The van der Waals surface area contributed by atoms with Crippen LogP contribution >= 0.6 is 0 Å². The lowest BCUT2D eigenvalue weighted by Crippen LogP contribution is -2.65. The number of hydrogen-bond donors (Lipinski definition) is 1. The third-order valence-corrected chi connectivity index (χ3v) is 7.63. The molecule has 0 aromatic heterocycles. The molecule has 1 N–H and O–H groups in total.